The Balaban J connectivity index is 1.81. The third-order valence-corrected chi connectivity index (χ3v) is 4.25. The van der Waals surface area contributed by atoms with E-state index >= 15 is 0 Å². The minimum absolute atomic E-state index is 0.508. The number of fused-ring (bicyclic) bond motifs is 1. The van der Waals surface area contributed by atoms with Gasteiger partial charge in [0.2, 0.25) is 0 Å². The van der Waals surface area contributed by atoms with Gasteiger partial charge in [-0.05, 0) is 50.6 Å². The molecule has 108 valence electrons. The highest BCUT2D eigenvalue weighted by atomic mass is 15.2. The van der Waals surface area contributed by atoms with E-state index in [4.69, 9.17) is 5.73 Å². The van der Waals surface area contributed by atoms with Crippen molar-refractivity contribution >= 4 is 11.0 Å². The molecule has 1 aliphatic rings. The molecule has 4 heteroatoms. The zero-order valence-electron chi connectivity index (χ0n) is 12.3. The maximum Gasteiger partial charge on any atom is 0.123 e. The molecular formula is C16H24N4. The quantitative estimate of drug-likeness (QED) is 0.929. The van der Waals surface area contributed by atoms with Gasteiger partial charge in [0, 0.05) is 13.1 Å². The molecule has 1 aromatic carbocycles. The van der Waals surface area contributed by atoms with Crippen LogP contribution in [-0.2, 0) is 13.1 Å². The largest absolute Gasteiger partial charge is 0.326 e. The fourth-order valence-electron chi connectivity index (χ4n) is 3.12. The number of likely N-dealkylation sites (tertiary alicyclic amines) is 1. The van der Waals surface area contributed by atoms with E-state index in [1.165, 1.54) is 43.4 Å². The minimum Gasteiger partial charge on any atom is -0.326 e. The van der Waals surface area contributed by atoms with Crippen LogP contribution in [0.4, 0.5) is 0 Å². The average molecular weight is 272 g/mol. The highest BCUT2D eigenvalue weighted by Crippen LogP contribution is 2.18. The molecule has 0 unspecified atom stereocenters. The van der Waals surface area contributed by atoms with Gasteiger partial charge in [-0.3, -0.25) is 0 Å². The maximum absolute atomic E-state index is 5.86. The van der Waals surface area contributed by atoms with Gasteiger partial charge < -0.3 is 15.2 Å². The molecule has 1 aliphatic heterocycles. The Morgan fingerprint density at radius 3 is 2.70 bits per heavy atom. The van der Waals surface area contributed by atoms with Gasteiger partial charge in [0.25, 0.3) is 0 Å². The van der Waals surface area contributed by atoms with E-state index in [1.807, 2.05) is 0 Å². The molecule has 2 N–H and O–H groups in total. The molecule has 0 saturated carbocycles. The zero-order valence-corrected chi connectivity index (χ0v) is 12.3. The predicted molar refractivity (Wildman–Crippen MR) is 82.7 cm³/mol. The van der Waals surface area contributed by atoms with Gasteiger partial charge in [-0.25, -0.2) is 4.98 Å². The number of aryl methyl sites for hydroxylation is 1. The summed E-state index contributed by atoms with van der Waals surface area (Å²) >= 11 is 0. The fraction of sp³-hybridized carbons (Fsp3) is 0.562. The maximum atomic E-state index is 5.86. The first-order valence-corrected chi connectivity index (χ1v) is 7.66. The van der Waals surface area contributed by atoms with Crippen LogP contribution in [-0.4, -0.2) is 34.1 Å². The second-order valence-corrected chi connectivity index (χ2v) is 5.78. The van der Waals surface area contributed by atoms with Crippen LogP contribution in [0.25, 0.3) is 11.0 Å². The lowest BCUT2D eigenvalue weighted by Gasteiger charge is -2.26. The van der Waals surface area contributed by atoms with Gasteiger partial charge >= 0.3 is 0 Å². The first-order valence-electron chi connectivity index (χ1n) is 7.66. The molecule has 0 bridgehead atoms. The van der Waals surface area contributed by atoms with Gasteiger partial charge in [0.1, 0.15) is 5.82 Å². The van der Waals surface area contributed by atoms with E-state index in [9.17, 15) is 0 Å². The number of piperidine rings is 1. The number of hydrogen-bond acceptors (Lipinski definition) is 3. The highest BCUT2D eigenvalue weighted by molar-refractivity contribution is 5.76. The van der Waals surface area contributed by atoms with E-state index in [1.54, 1.807) is 0 Å². The van der Waals surface area contributed by atoms with Crippen LogP contribution in [0, 0.1) is 6.92 Å². The number of nitrogens with zero attached hydrogens (tertiary/aromatic N) is 3. The molecule has 1 fully saturated rings. The lowest BCUT2D eigenvalue weighted by atomic mass is 10.1. The predicted octanol–water partition coefficient (Wildman–Crippen LogP) is 2.29. The van der Waals surface area contributed by atoms with Crippen LogP contribution in [0.15, 0.2) is 18.2 Å². The van der Waals surface area contributed by atoms with Crippen molar-refractivity contribution in [3.8, 4) is 0 Å². The van der Waals surface area contributed by atoms with Crippen molar-refractivity contribution in [2.45, 2.75) is 39.3 Å². The lowest BCUT2D eigenvalue weighted by Crippen LogP contribution is -2.32. The normalized spacial score (nSPS) is 16.9. The Labute approximate surface area is 120 Å². The molecular weight excluding hydrogens is 248 g/mol. The van der Waals surface area contributed by atoms with Gasteiger partial charge in [0.15, 0.2) is 0 Å². The minimum atomic E-state index is 0.508. The van der Waals surface area contributed by atoms with Crippen LogP contribution in [0.3, 0.4) is 0 Å². The summed E-state index contributed by atoms with van der Waals surface area (Å²) in [6.07, 6.45) is 4.07. The van der Waals surface area contributed by atoms with Crippen LogP contribution in [0.5, 0.6) is 0 Å². The summed E-state index contributed by atoms with van der Waals surface area (Å²) in [6, 6.07) is 6.47. The van der Waals surface area contributed by atoms with E-state index in [0.29, 0.717) is 6.54 Å². The third kappa shape index (κ3) is 2.72. The summed E-state index contributed by atoms with van der Waals surface area (Å²) < 4.78 is 2.30. The van der Waals surface area contributed by atoms with Crippen LogP contribution in [0.2, 0.25) is 0 Å². The molecule has 0 radical (unpaired) electrons. The van der Waals surface area contributed by atoms with Gasteiger partial charge in [-0.15, -0.1) is 0 Å². The van der Waals surface area contributed by atoms with Crippen LogP contribution < -0.4 is 5.73 Å². The molecule has 4 nitrogen and oxygen atoms in total. The molecule has 0 spiro atoms. The average Bonchev–Trinajstić information content (AvgIpc) is 2.83. The Hall–Kier alpha value is -1.39. The SMILES string of the molecule is Cc1ccc2c(c1)nc(CN)n2CCN1CCCCC1. The van der Waals surface area contributed by atoms with E-state index in [0.717, 1.165) is 24.4 Å². The highest BCUT2D eigenvalue weighted by Gasteiger charge is 2.13. The van der Waals surface area contributed by atoms with Crippen molar-refractivity contribution in [2.75, 3.05) is 19.6 Å². The smallest absolute Gasteiger partial charge is 0.123 e. The summed E-state index contributed by atoms with van der Waals surface area (Å²) in [5.41, 5.74) is 9.40. The number of rotatable bonds is 4. The van der Waals surface area contributed by atoms with E-state index in [-0.39, 0.29) is 0 Å². The van der Waals surface area contributed by atoms with Gasteiger partial charge in [0.05, 0.1) is 17.6 Å². The number of aromatic nitrogens is 2. The summed E-state index contributed by atoms with van der Waals surface area (Å²) in [7, 11) is 0. The number of imidazole rings is 1. The number of hydrogen-bond donors (Lipinski definition) is 1. The molecule has 2 heterocycles. The van der Waals surface area contributed by atoms with Crippen molar-refractivity contribution < 1.29 is 0 Å². The number of benzene rings is 1. The molecule has 1 saturated heterocycles. The Morgan fingerprint density at radius 1 is 1.15 bits per heavy atom. The first-order chi connectivity index (χ1) is 9.78. The standard InChI is InChI=1S/C16H24N4/c1-13-5-6-15-14(11-13)18-16(12-17)20(15)10-9-19-7-3-2-4-8-19/h5-6,11H,2-4,7-10,12,17H2,1H3. The summed E-state index contributed by atoms with van der Waals surface area (Å²) in [4.78, 5) is 7.23. The van der Waals surface area contributed by atoms with Crippen LogP contribution >= 0.6 is 0 Å². The zero-order chi connectivity index (χ0) is 13.9. The Kier molecular flexibility index (Phi) is 4.03. The molecule has 0 aliphatic carbocycles. The van der Waals surface area contributed by atoms with Crippen molar-refractivity contribution in [3.63, 3.8) is 0 Å². The molecule has 0 amide bonds. The topological polar surface area (TPSA) is 47.1 Å². The first kappa shape index (κ1) is 13.6. The molecule has 20 heavy (non-hydrogen) atoms. The fourth-order valence-corrected chi connectivity index (χ4v) is 3.12. The molecule has 1 aromatic heterocycles. The van der Waals surface area contributed by atoms with Gasteiger partial charge in [-0.2, -0.15) is 0 Å². The third-order valence-electron chi connectivity index (χ3n) is 4.25. The summed E-state index contributed by atoms with van der Waals surface area (Å²) in [5, 5.41) is 0. The van der Waals surface area contributed by atoms with Gasteiger partial charge in [-0.1, -0.05) is 12.5 Å². The van der Waals surface area contributed by atoms with E-state index in [2.05, 4.69) is 39.6 Å². The van der Waals surface area contributed by atoms with Crippen molar-refractivity contribution in [3.05, 3.63) is 29.6 Å². The molecule has 0 atom stereocenters. The molecule has 2 aromatic rings. The lowest BCUT2D eigenvalue weighted by molar-refractivity contribution is 0.221. The summed E-state index contributed by atoms with van der Waals surface area (Å²) in [5.74, 6) is 1.00. The number of nitrogens with two attached hydrogens (primary N) is 1. The van der Waals surface area contributed by atoms with Crippen molar-refractivity contribution in [1.82, 2.24) is 14.5 Å². The Morgan fingerprint density at radius 2 is 1.95 bits per heavy atom. The Bertz CT molecular complexity index is 581. The molecule has 3 rings (SSSR count). The van der Waals surface area contributed by atoms with Crippen molar-refractivity contribution in [1.29, 1.82) is 0 Å². The van der Waals surface area contributed by atoms with E-state index < -0.39 is 0 Å². The van der Waals surface area contributed by atoms with Crippen molar-refractivity contribution in [2.24, 2.45) is 5.73 Å². The second kappa shape index (κ2) is 5.94. The monoisotopic (exact) mass is 272 g/mol. The second-order valence-electron chi connectivity index (χ2n) is 5.78. The summed E-state index contributed by atoms with van der Waals surface area (Å²) in [6.45, 7) is 7.19. The van der Waals surface area contributed by atoms with Crippen LogP contribution in [0.1, 0.15) is 30.7 Å².